The van der Waals surface area contributed by atoms with Gasteiger partial charge in [0.15, 0.2) is 0 Å². The largest absolute Gasteiger partial charge is 0.465 e. The molecule has 0 radical (unpaired) electrons. The Morgan fingerprint density at radius 1 is 1.47 bits per heavy atom. The van der Waals surface area contributed by atoms with Crippen LogP contribution in [-0.2, 0) is 16.1 Å². The number of rotatable bonds is 6. The van der Waals surface area contributed by atoms with Crippen LogP contribution in [0.25, 0.3) is 0 Å². The minimum absolute atomic E-state index is 0.185. The van der Waals surface area contributed by atoms with Crippen molar-refractivity contribution < 1.29 is 9.53 Å². The molecule has 1 aromatic heterocycles. The second kappa shape index (κ2) is 6.64. The Morgan fingerprint density at radius 2 is 2.24 bits per heavy atom. The molecule has 96 valence electrons. The summed E-state index contributed by atoms with van der Waals surface area (Å²) in [6.07, 6.45) is 3.65. The van der Waals surface area contributed by atoms with E-state index < -0.39 is 0 Å². The van der Waals surface area contributed by atoms with Gasteiger partial charge in [0.1, 0.15) is 6.61 Å². The van der Waals surface area contributed by atoms with Crippen LogP contribution in [0.5, 0.6) is 0 Å². The summed E-state index contributed by atoms with van der Waals surface area (Å²) in [5.74, 6) is 0.647. The molecule has 0 fully saturated rings. The van der Waals surface area contributed by atoms with E-state index in [2.05, 4.69) is 31.1 Å². The molecule has 6 heteroatoms. The fraction of sp³-hybridized carbons (Fsp3) is 0.727. The predicted molar refractivity (Wildman–Crippen MR) is 67.8 cm³/mol. The molecule has 0 aromatic carbocycles. The average Bonchev–Trinajstić information content (AvgIpc) is 2.73. The van der Waals surface area contributed by atoms with Crippen molar-refractivity contribution in [3.63, 3.8) is 0 Å². The van der Waals surface area contributed by atoms with Crippen molar-refractivity contribution in [2.45, 2.75) is 38.5 Å². The SMILES string of the molecule is CC(C)(C)SCCOC(=O)CCn1ccnn1. The van der Waals surface area contributed by atoms with Crippen molar-refractivity contribution in [2.75, 3.05) is 12.4 Å². The summed E-state index contributed by atoms with van der Waals surface area (Å²) >= 11 is 1.79. The van der Waals surface area contributed by atoms with Crippen molar-refractivity contribution in [1.82, 2.24) is 15.0 Å². The van der Waals surface area contributed by atoms with Crippen LogP contribution in [0.15, 0.2) is 12.4 Å². The first kappa shape index (κ1) is 14.0. The molecule has 17 heavy (non-hydrogen) atoms. The number of aromatic nitrogens is 3. The lowest BCUT2D eigenvalue weighted by Gasteiger charge is -2.17. The standard InChI is InChI=1S/C11H19N3O2S/c1-11(2,3)17-9-8-16-10(15)4-6-14-7-5-12-13-14/h5,7H,4,6,8-9H2,1-3H3. The zero-order valence-corrected chi connectivity index (χ0v) is 11.4. The van der Waals surface area contributed by atoms with E-state index in [1.807, 2.05) is 0 Å². The van der Waals surface area contributed by atoms with Gasteiger partial charge in [0, 0.05) is 16.7 Å². The molecule has 1 rings (SSSR count). The molecule has 0 atom stereocenters. The Labute approximate surface area is 106 Å². The lowest BCUT2D eigenvalue weighted by molar-refractivity contribution is -0.143. The van der Waals surface area contributed by atoms with Crippen LogP contribution in [0.4, 0.5) is 0 Å². The molecule has 0 aliphatic rings. The summed E-state index contributed by atoms with van der Waals surface area (Å²) in [5, 5.41) is 7.43. The normalized spacial score (nSPS) is 11.5. The molecule has 1 aromatic rings. The lowest BCUT2D eigenvalue weighted by atomic mass is 10.3. The highest BCUT2D eigenvalue weighted by atomic mass is 32.2. The molecule has 0 aliphatic heterocycles. The highest BCUT2D eigenvalue weighted by Crippen LogP contribution is 2.22. The van der Waals surface area contributed by atoms with E-state index in [1.165, 1.54) is 0 Å². The van der Waals surface area contributed by atoms with E-state index in [4.69, 9.17) is 4.74 Å². The van der Waals surface area contributed by atoms with Crippen molar-refractivity contribution in [3.05, 3.63) is 12.4 Å². The molecule has 1 heterocycles. The lowest BCUT2D eigenvalue weighted by Crippen LogP contribution is -2.14. The van der Waals surface area contributed by atoms with Crippen molar-refractivity contribution >= 4 is 17.7 Å². The van der Waals surface area contributed by atoms with E-state index in [0.717, 1.165) is 5.75 Å². The van der Waals surface area contributed by atoms with Gasteiger partial charge in [-0.05, 0) is 0 Å². The van der Waals surface area contributed by atoms with Crippen molar-refractivity contribution in [1.29, 1.82) is 0 Å². The first-order valence-electron chi connectivity index (χ1n) is 5.61. The van der Waals surface area contributed by atoms with Crippen LogP contribution >= 0.6 is 11.8 Å². The summed E-state index contributed by atoms with van der Waals surface area (Å²) in [5.41, 5.74) is 0. The van der Waals surface area contributed by atoms with Crippen LogP contribution in [0.3, 0.4) is 0 Å². The molecule has 0 saturated carbocycles. The van der Waals surface area contributed by atoms with Crippen LogP contribution in [0, 0.1) is 0 Å². The minimum Gasteiger partial charge on any atom is -0.465 e. The third-order valence-corrected chi connectivity index (χ3v) is 3.14. The Morgan fingerprint density at radius 3 is 2.82 bits per heavy atom. The second-order valence-electron chi connectivity index (χ2n) is 4.60. The number of hydrogen-bond acceptors (Lipinski definition) is 5. The Balaban J connectivity index is 2.06. The summed E-state index contributed by atoms with van der Waals surface area (Å²) in [6.45, 7) is 7.42. The topological polar surface area (TPSA) is 57.0 Å². The molecule has 0 unspecified atom stereocenters. The molecule has 0 amide bonds. The summed E-state index contributed by atoms with van der Waals surface area (Å²) in [7, 11) is 0. The highest BCUT2D eigenvalue weighted by molar-refractivity contribution is 8.00. The first-order valence-corrected chi connectivity index (χ1v) is 6.59. The van der Waals surface area contributed by atoms with Crippen LogP contribution < -0.4 is 0 Å². The third-order valence-electron chi connectivity index (χ3n) is 1.90. The van der Waals surface area contributed by atoms with Crippen LogP contribution in [0.1, 0.15) is 27.2 Å². The van der Waals surface area contributed by atoms with E-state index in [1.54, 1.807) is 28.8 Å². The van der Waals surface area contributed by atoms with Gasteiger partial charge in [-0.3, -0.25) is 9.48 Å². The summed E-state index contributed by atoms with van der Waals surface area (Å²) in [4.78, 5) is 11.4. The minimum atomic E-state index is -0.185. The molecular formula is C11H19N3O2S. The van der Waals surface area contributed by atoms with Gasteiger partial charge in [-0.25, -0.2) is 0 Å². The third kappa shape index (κ3) is 6.99. The van der Waals surface area contributed by atoms with E-state index in [-0.39, 0.29) is 10.7 Å². The van der Waals surface area contributed by atoms with E-state index in [9.17, 15) is 4.79 Å². The molecule has 0 spiro atoms. The van der Waals surface area contributed by atoms with Gasteiger partial charge in [0.05, 0.1) is 19.2 Å². The van der Waals surface area contributed by atoms with Crippen molar-refractivity contribution in [3.8, 4) is 0 Å². The number of aryl methyl sites for hydroxylation is 1. The number of hydrogen-bond donors (Lipinski definition) is 0. The molecular weight excluding hydrogens is 238 g/mol. The Kier molecular flexibility index (Phi) is 5.47. The molecule has 0 saturated heterocycles. The smallest absolute Gasteiger partial charge is 0.307 e. The maximum Gasteiger partial charge on any atom is 0.307 e. The van der Waals surface area contributed by atoms with Gasteiger partial charge in [0.2, 0.25) is 0 Å². The fourth-order valence-electron chi connectivity index (χ4n) is 1.13. The number of carbonyl (C=O) groups excluding carboxylic acids is 1. The Hall–Kier alpha value is -1.04. The number of esters is 1. The number of ether oxygens (including phenoxy) is 1. The average molecular weight is 257 g/mol. The summed E-state index contributed by atoms with van der Waals surface area (Å²) in [6, 6.07) is 0. The van der Waals surface area contributed by atoms with Gasteiger partial charge in [-0.2, -0.15) is 11.8 Å². The Bertz CT molecular complexity index is 333. The maximum atomic E-state index is 11.4. The van der Waals surface area contributed by atoms with Crippen molar-refractivity contribution in [2.24, 2.45) is 0 Å². The second-order valence-corrected chi connectivity index (χ2v) is 6.52. The summed E-state index contributed by atoms with van der Waals surface area (Å²) < 4.78 is 6.95. The zero-order chi connectivity index (χ0) is 12.7. The maximum absolute atomic E-state index is 11.4. The quantitative estimate of drug-likeness (QED) is 0.574. The van der Waals surface area contributed by atoms with E-state index >= 15 is 0 Å². The van der Waals surface area contributed by atoms with Gasteiger partial charge in [-0.15, -0.1) is 5.10 Å². The molecule has 0 N–H and O–H groups in total. The molecule has 0 bridgehead atoms. The highest BCUT2D eigenvalue weighted by Gasteiger charge is 2.10. The fourth-order valence-corrected chi connectivity index (χ4v) is 1.91. The number of nitrogens with zero attached hydrogens (tertiary/aromatic N) is 3. The monoisotopic (exact) mass is 257 g/mol. The van der Waals surface area contributed by atoms with Gasteiger partial charge < -0.3 is 4.74 Å². The zero-order valence-electron chi connectivity index (χ0n) is 10.5. The van der Waals surface area contributed by atoms with Crippen LogP contribution in [-0.4, -0.2) is 38.1 Å². The van der Waals surface area contributed by atoms with Gasteiger partial charge in [0.25, 0.3) is 0 Å². The number of thioether (sulfide) groups is 1. The number of carbonyl (C=O) groups is 1. The van der Waals surface area contributed by atoms with Gasteiger partial charge >= 0.3 is 5.97 Å². The predicted octanol–water partition coefficient (Wildman–Crippen LogP) is 1.74. The van der Waals surface area contributed by atoms with Crippen LogP contribution in [0.2, 0.25) is 0 Å². The molecule has 5 nitrogen and oxygen atoms in total. The van der Waals surface area contributed by atoms with Gasteiger partial charge in [-0.1, -0.05) is 26.0 Å². The first-order chi connectivity index (χ1) is 7.97. The molecule has 0 aliphatic carbocycles. The van der Waals surface area contributed by atoms with E-state index in [0.29, 0.717) is 19.6 Å².